The van der Waals surface area contributed by atoms with Gasteiger partial charge in [-0.3, -0.25) is 14.2 Å². The molecule has 0 radical (unpaired) electrons. The molecule has 25 heavy (non-hydrogen) atoms. The third-order valence-electron chi connectivity index (χ3n) is 4.82. The third-order valence-corrected chi connectivity index (χ3v) is 6.00. The molecule has 0 bridgehead atoms. The van der Waals surface area contributed by atoms with Crippen molar-refractivity contribution in [1.29, 1.82) is 0 Å². The van der Waals surface area contributed by atoms with Crippen molar-refractivity contribution in [3.63, 3.8) is 0 Å². The Morgan fingerprint density at radius 2 is 2.08 bits per heavy atom. The van der Waals surface area contributed by atoms with Crippen LogP contribution in [-0.4, -0.2) is 34.3 Å². The number of aromatic nitrogens is 2. The normalized spacial score (nSPS) is 14.7. The highest BCUT2D eigenvalue weighted by Crippen LogP contribution is 2.34. The Bertz CT molecular complexity index is 866. The zero-order valence-electron chi connectivity index (χ0n) is 14.9. The van der Waals surface area contributed by atoms with Crippen LogP contribution in [0, 0.1) is 5.41 Å². The van der Waals surface area contributed by atoms with E-state index in [1.165, 1.54) is 4.88 Å². The molecule has 7 heteroatoms. The van der Waals surface area contributed by atoms with Gasteiger partial charge >= 0.3 is 5.97 Å². The highest BCUT2D eigenvalue weighted by molar-refractivity contribution is 7.18. The third kappa shape index (κ3) is 3.35. The largest absolute Gasteiger partial charge is 0.481 e. The van der Waals surface area contributed by atoms with Crippen molar-refractivity contribution in [2.75, 3.05) is 13.7 Å². The number of hydrogen-bond donors (Lipinski definition) is 1. The monoisotopic (exact) mass is 364 g/mol. The molecule has 136 valence electrons. The van der Waals surface area contributed by atoms with Crippen LogP contribution in [0.5, 0.6) is 0 Å². The van der Waals surface area contributed by atoms with Crippen molar-refractivity contribution in [1.82, 2.24) is 9.55 Å². The molecule has 0 atom stereocenters. The summed E-state index contributed by atoms with van der Waals surface area (Å²) in [6, 6.07) is 0. The first kappa shape index (κ1) is 18.1. The molecule has 6 nitrogen and oxygen atoms in total. The molecule has 0 aliphatic heterocycles. The molecule has 0 saturated heterocycles. The van der Waals surface area contributed by atoms with Crippen molar-refractivity contribution in [2.24, 2.45) is 5.41 Å². The summed E-state index contributed by atoms with van der Waals surface area (Å²) in [7, 11) is 1.60. The van der Waals surface area contributed by atoms with E-state index < -0.39 is 11.4 Å². The first-order valence-corrected chi connectivity index (χ1v) is 9.43. The SMILES string of the molecule is COCCc1nc2sc3c(c2c(=O)n1CC(C)(C)C(=O)O)CCCC3. The quantitative estimate of drug-likeness (QED) is 0.852. The summed E-state index contributed by atoms with van der Waals surface area (Å²) in [5, 5.41) is 10.2. The predicted octanol–water partition coefficient (Wildman–Crippen LogP) is 2.64. The van der Waals surface area contributed by atoms with Crippen molar-refractivity contribution >= 4 is 27.5 Å². The predicted molar refractivity (Wildman–Crippen MR) is 97.5 cm³/mol. The summed E-state index contributed by atoms with van der Waals surface area (Å²) in [5.74, 6) is -0.322. The Balaban J connectivity index is 2.19. The van der Waals surface area contributed by atoms with Crippen molar-refractivity contribution in [2.45, 2.75) is 52.5 Å². The molecule has 0 unspecified atom stereocenters. The minimum atomic E-state index is -1.04. The van der Waals surface area contributed by atoms with E-state index in [-0.39, 0.29) is 12.1 Å². The number of thiophene rings is 1. The number of rotatable bonds is 6. The molecule has 0 amide bonds. The summed E-state index contributed by atoms with van der Waals surface area (Å²) < 4.78 is 6.70. The fourth-order valence-corrected chi connectivity index (χ4v) is 4.56. The molecule has 2 heterocycles. The van der Waals surface area contributed by atoms with Crippen LogP contribution in [0.25, 0.3) is 10.2 Å². The van der Waals surface area contributed by atoms with E-state index in [2.05, 4.69) is 0 Å². The lowest BCUT2D eigenvalue weighted by atomic mass is 9.93. The van der Waals surface area contributed by atoms with Crippen LogP contribution < -0.4 is 5.56 Å². The number of carboxylic acid groups (broad SMARTS) is 1. The number of carboxylic acids is 1. The van der Waals surface area contributed by atoms with Crippen molar-refractivity contribution in [3.05, 3.63) is 26.6 Å². The fourth-order valence-electron chi connectivity index (χ4n) is 3.29. The van der Waals surface area contributed by atoms with Gasteiger partial charge in [0.2, 0.25) is 0 Å². The van der Waals surface area contributed by atoms with Crippen LogP contribution in [0.15, 0.2) is 4.79 Å². The second-order valence-electron chi connectivity index (χ2n) is 7.24. The zero-order chi connectivity index (χ0) is 18.2. The Labute approximate surface area is 150 Å². The maximum absolute atomic E-state index is 13.2. The van der Waals surface area contributed by atoms with Crippen LogP contribution in [0.3, 0.4) is 0 Å². The molecule has 1 N–H and O–H groups in total. The molecular weight excluding hydrogens is 340 g/mol. The van der Waals surface area contributed by atoms with E-state index in [9.17, 15) is 14.7 Å². The Morgan fingerprint density at radius 1 is 1.36 bits per heavy atom. The molecule has 3 rings (SSSR count). The minimum Gasteiger partial charge on any atom is -0.481 e. The van der Waals surface area contributed by atoms with Crippen LogP contribution in [0.2, 0.25) is 0 Å². The van der Waals surface area contributed by atoms with Gasteiger partial charge in [-0.25, -0.2) is 4.98 Å². The number of aliphatic carboxylic acids is 1. The van der Waals surface area contributed by atoms with E-state index in [0.29, 0.717) is 24.2 Å². The van der Waals surface area contributed by atoms with E-state index in [0.717, 1.165) is 36.1 Å². The first-order chi connectivity index (χ1) is 11.8. The summed E-state index contributed by atoms with van der Waals surface area (Å²) in [6.45, 7) is 3.81. The Hall–Kier alpha value is -1.73. The van der Waals surface area contributed by atoms with Gasteiger partial charge in [-0.05, 0) is 45.1 Å². The highest BCUT2D eigenvalue weighted by Gasteiger charge is 2.30. The molecule has 0 fully saturated rings. The van der Waals surface area contributed by atoms with E-state index in [4.69, 9.17) is 9.72 Å². The summed E-state index contributed by atoms with van der Waals surface area (Å²) >= 11 is 1.61. The summed E-state index contributed by atoms with van der Waals surface area (Å²) in [5.41, 5.74) is -0.0226. The number of nitrogens with zero attached hydrogens (tertiary/aromatic N) is 2. The minimum absolute atomic E-state index is 0.105. The lowest BCUT2D eigenvalue weighted by Crippen LogP contribution is -2.36. The maximum atomic E-state index is 13.2. The molecule has 2 aromatic heterocycles. The number of ether oxygens (including phenoxy) is 1. The van der Waals surface area contributed by atoms with Gasteiger partial charge in [0.15, 0.2) is 0 Å². The molecule has 1 aliphatic rings. The van der Waals surface area contributed by atoms with Gasteiger partial charge in [-0.2, -0.15) is 0 Å². The van der Waals surface area contributed by atoms with Gasteiger partial charge in [0.1, 0.15) is 10.7 Å². The average molecular weight is 364 g/mol. The number of carbonyl (C=O) groups is 1. The number of aryl methyl sites for hydroxylation is 2. The topological polar surface area (TPSA) is 81.4 Å². The molecule has 2 aromatic rings. The van der Waals surface area contributed by atoms with E-state index in [1.54, 1.807) is 36.9 Å². The number of hydrogen-bond acceptors (Lipinski definition) is 5. The van der Waals surface area contributed by atoms with Crippen LogP contribution in [0.1, 0.15) is 43.0 Å². The Morgan fingerprint density at radius 3 is 2.76 bits per heavy atom. The average Bonchev–Trinajstić information content (AvgIpc) is 2.94. The van der Waals surface area contributed by atoms with Crippen LogP contribution in [-0.2, 0) is 35.3 Å². The van der Waals surface area contributed by atoms with Crippen molar-refractivity contribution in [3.8, 4) is 0 Å². The summed E-state index contributed by atoms with van der Waals surface area (Å²) in [6.07, 6.45) is 4.64. The lowest BCUT2D eigenvalue weighted by molar-refractivity contribution is -0.147. The highest BCUT2D eigenvalue weighted by atomic mass is 32.1. The van der Waals surface area contributed by atoms with Gasteiger partial charge in [-0.15, -0.1) is 11.3 Å². The molecule has 1 aliphatic carbocycles. The number of fused-ring (bicyclic) bond motifs is 3. The Kier molecular flexibility index (Phi) is 4.97. The van der Waals surface area contributed by atoms with Gasteiger partial charge in [0.25, 0.3) is 5.56 Å². The second kappa shape index (κ2) is 6.88. The molecule has 0 saturated carbocycles. The summed E-state index contributed by atoms with van der Waals surface area (Å²) in [4.78, 5) is 31.6. The van der Waals surface area contributed by atoms with Crippen LogP contribution in [0.4, 0.5) is 0 Å². The smallest absolute Gasteiger partial charge is 0.310 e. The molecular formula is C18H24N2O4S. The van der Waals surface area contributed by atoms with Gasteiger partial charge in [-0.1, -0.05) is 0 Å². The lowest BCUT2D eigenvalue weighted by Gasteiger charge is -2.22. The maximum Gasteiger partial charge on any atom is 0.310 e. The second-order valence-corrected chi connectivity index (χ2v) is 8.33. The van der Waals surface area contributed by atoms with Gasteiger partial charge < -0.3 is 9.84 Å². The number of methoxy groups -OCH3 is 1. The van der Waals surface area contributed by atoms with E-state index >= 15 is 0 Å². The molecule has 0 aromatic carbocycles. The van der Waals surface area contributed by atoms with Gasteiger partial charge in [0.05, 0.1) is 17.4 Å². The zero-order valence-corrected chi connectivity index (χ0v) is 15.7. The first-order valence-electron chi connectivity index (χ1n) is 8.61. The fraction of sp³-hybridized carbons (Fsp3) is 0.611. The molecule has 0 spiro atoms. The van der Waals surface area contributed by atoms with Crippen molar-refractivity contribution < 1.29 is 14.6 Å². The van der Waals surface area contributed by atoms with E-state index in [1.807, 2.05) is 0 Å². The standard InChI is InChI=1S/C18H24N2O4S/c1-18(2,17(22)23)10-20-13(8-9-24-3)19-15-14(16(20)21)11-6-4-5-7-12(11)25-15/h4-10H2,1-3H3,(H,22,23). The van der Waals surface area contributed by atoms with Crippen LogP contribution >= 0.6 is 11.3 Å². The van der Waals surface area contributed by atoms with Gasteiger partial charge in [0, 0.05) is 25.0 Å².